The normalized spacial score (nSPS) is 10.5. The number of anilines is 2. The van der Waals surface area contributed by atoms with Crippen molar-refractivity contribution in [1.29, 1.82) is 0 Å². The third-order valence-corrected chi connectivity index (χ3v) is 4.33. The van der Waals surface area contributed by atoms with Crippen LogP contribution < -0.4 is 15.0 Å². The largest absolute Gasteiger partial charge is 0.497 e. The molecule has 0 fully saturated rings. The summed E-state index contributed by atoms with van der Waals surface area (Å²) in [5, 5.41) is 3.38. The lowest BCUT2D eigenvalue weighted by atomic mass is 10.2. The summed E-state index contributed by atoms with van der Waals surface area (Å²) in [6.45, 7) is 3.48. The molecule has 0 spiro atoms. The zero-order chi connectivity index (χ0) is 19.1. The molecule has 0 unspecified atom stereocenters. The summed E-state index contributed by atoms with van der Waals surface area (Å²) in [5.74, 6) is 3.34. The molecule has 3 rings (SSSR count). The minimum Gasteiger partial charge on any atom is -0.497 e. The summed E-state index contributed by atoms with van der Waals surface area (Å²) in [4.78, 5) is 15.3. The number of methoxy groups -OCH3 is 1. The number of ether oxygens (including phenoxy) is 1. The van der Waals surface area contributed by atoms with Gasteiger partial charge in [0.15, 0.2) is 0 Å². The average molecular weight is 363 g/mol. The van der Waals surface area contributed by atoms with E-state index in [1.54, 1.807) is 7.11 Å². The molecule has 0 saturated heterocycles. The molecule has 0 bridgehead atoms. The second kappa shape index (κ2) is 8.98. The van der Waals surface area contributed by atoms with Gasteiger partial charge in [-0.2, -0.15) is 0 Å². The molecule has 0 aliphatic carbocycles. The summed E-state index contributed by atoms with van der Waals surface area (Å²) in [6, 6.07) is 14.1. The van der Waals surface area contributed by atoms with E-state index in [0.29, 0.717) is 6.54 Å². The molecule has 0 radical (unpaired) electrons. The van der Waals surface area contributed by atoms with Crippen LogP contribution in [0.4, 0.5) is 11.6 Å². The highest BCUT2D eigenvalue weighted by Gasteiger charge is 2.07. The van der Waals surface area contributed by atoms with Crippen molar-refractivity contribution in [3.63, 3.8) is 0 Å². The van der Waals surface area contributed by atoms with Gasteiger partial charge in [0.1, 0.15) is 23.2 Å². The highest BCUT2D eigenvalue weighted by Crippen LogP contribution is 2.17. The van der Waals surface area contributed by atoms with Gasteiger partial charge in [-0.25, -0.2) is 9.97 Å². The summed E-state index contributed by atoms with van der Waals surface area (Å²) < 4.78 is 5.19. The molecule has 6 heteroatoms. The number of benzene rings is 1. The van der Waals surface area contributed by atoms with Crippen molar-refractivity contribution < 1.29 is 4.74 Å². The van der Waals surface area contributed by atoms with E-state index < -0.39 is 0 Å². The van der Waals surface area contributed by atoms with Gasteiger partial charge in [0.05, 0.1) is 7.11 Å². The van der Waals surface area contributed by atoms with E-state index >= 15 is 0 Å². The van der Waals surface area contributed by atoms with Gasteiger partial charge in [-0.1, -0.05) is 12.1 Å². The SMILES string of the molecule is COc1ccc(CNc2cc(N(C)CCc3ccncc3)nc(C)n2)cc1. The number of nitrogens with zero attached hydrogens (tertiary/aromatic N) is 4. The highest BCUT2D eigenvalue weighted by molar-refractivity contribution is 5.49. The maximum Gasteiger partial charge on any atom is 0.134 e. The number of rotatable bonds is 8. The Hall–Kier alpha value is -3.15. The molecule has 6 nitrogen and oxygen atoms in total. The molecule has 2 aromatic heterocycles. The van der Waals surface area contributed by atoms with Crippen molar-refractivity contribution in [2.24, 2.45) is 0 Å². The summed E-state index contributed by atoms with van der Waals surface area (Å²) >= 11 is 0. The fraction of sp³-hybridized carbons (Fsp3) is 0.286. The molecular weight excluding hydrogens is 338 g/mol. The second-order valence-electron chi connectivity index (χ2n) is 6.39. The minimum absolute atomic E-state index is 0.695. The predicted molar refractivity (Wildman–Crippen MR) is 108 cm³/mol. The molecule has 0 saturated carbocycles. The second-order valence-corrected chi connectivity index (χ2v) is 6.39. The smallest absolute Gasteiger partial charge is 0.134 e. The van der Waals surface area contributed by atoms with Crippen molar-refractivity contribution in [1.82, 2.24) is 15.0 Å². The van der Waals surface area contributed by atoms with Gasteiger partial charge in [-0.05, 0) is 48.7 Å². The minimum atomic E-state index is 0.695. The van der Waals surface area contributed by atoms with E-state index in [2.05, 4.69) is 32.2 Å². The Morgan fingerprint density at radius 3 is 2.44 bits per heavy atom. The van der Waals surface area contributed by atoms with Gasteiger partial charge in [0.2, 0.25) is 0 Å². The zero-order valence-corrected chi connectivity index (χ0v) is 16.0. The van der Waals surface area contributed by atoms with Crippen LogP contribution in [0.5, 0.6) is 5.75 Å². The quantitative estimate of drug-likeness (QED) is 0.661. The third kappa shape index (κ3) is 5.41. The van der Waals surface area contributed by atoms with Crippen LogP contribution in [0.3, 0.4) is 0 Å². The summed E-state index contributed by atoms with van der Waals surface area (Å²) in [5.41, 5.74) is 2.43. The Morgan fingerprint density at radius 1 is 1.00 bits per heavy atom. The van der Waals surface area contributed by atoms with Gasteiger partial charge >= 0.3 is 0 Å². The van der Waals surface area contributed by atoms with Crippen LogP contribution >= 0.6 is 0 Å². The van der Waals surface area contributed by atoms with E-state index in [9.17, 15) is 0 Å². The maximum absolute atomic E-state index is 5.19. The molecule has 0 aliphatic heterocycles. The number of hydrogen-bond donors (Lipinski definition) is 1. The molecular formula is C21H25N5O. The third-order valence-electron chi connectivity index (χ3n) is 4.33. The van der Waals surface area contributed by atoms with Gasteiger partial charge in [-0.3, -0.25) is 4.98 Å². The Labute approximate surface area is 160 Å². The standard InChI is InChI=1S/C21H25N5O/c1-16-24-20(23-15-18-4-6-19(27-3)7-5-18)14-21(25-16)26(2)13-10-17-8-11-22-12-9-17/h4-9,11-12,14H,10,13,15H2,1-3H3,(H,23,24,25). The van der Waals surface area contributed by atoms with Gasteiger partial charge < -0.3 is 15.0 Å². The average Bonchev–Trinajstić information content (AvgIpc) is 2.71. The Morgan fingerprint density at radius 2 is 1.74 bits per heavy atom. The van der Waals surface area contributed by atoms with Crippen molar-refractivity contribution in [2.45, 2.75) is 19.9 Å². The van der Waals surface area contributed by atoms with Crippen molar-refractivity contribution >= 4 is 11.6 Å². The van der Waals surface area contributed by atoms with Crippen LogP contribution in [-0.4, -0.2) is 35.7 Å². The molecule has 3 aromatic rings. The monoisotopic (exact) mass is 363 g/mol. The van der Waals surface area contributed by atoms with Crippen LogP contribution in [0.15, 0.2) is 54.9 Å². The molecule has 2 heterocycles. The van der Waals surface area contributed by atoms with Crippen LogP contribution in [-0.2, 0) is 13.0 Å². The lowest BCUT2D eigenvalue weighted by Crippen LogP contribution is -2.22. The molecule has 0 amide bonds. The molecule has 1 aromatic carbocycles. The molecule has 140 valence electrons. The maximum atomic E-state index is 5.19. The zero-order valence-electron chi connectivity index (χ0n) is 16.0. The van der Waals surface area contributed by atoms with Crippen LogP contribution in [0.2, 0.25) is 0 Å². The van der Waals surface area contributed by atoms with Crippen LogP contribution in [0, 0.1) is 6.92 Å². The first-order valence-corrected chi connectivity index (χ1v) is 8.96. The topological polar surface area (TPSA) is 63.2 Å². The number of hydrogen-bond acceptors (Lipinski definition) is 6. The molecule has 1 N–H and O–H groups in total. The lowest BCUT2D eigenvalue weighted by Gasteiger charge is -2.19. The lowest BCUT2D eigenvalue weighted by molar-refractivity contribution is 0.414. The van der Waals surface area contributed by atoms with E-state index in [1.807, 2.05) is 61.8 Å². The van der Waals surface area contributed by atoms with Crippen molar-refractivity contribution in [3.05, 3.63) is 71.8 Å². The Balaban J connectivity index is 1.62. The van der Waals surface area contributed by atoms with E-state index in [1.165, 1.54) is 11.1 Å². The number of aryl methyl sites for hydroxylation is 1. The fourth-order valence-electron chi connectivity index (χ4n) is 2.73. The summed E-state index contributed by atoms with van der Waals surface area (Å²) in [7, 11) is 3.72. The number of nitrogens with one attached hydrogen (secondary N) is 1. The van der Waals surface area contributed by atoms with Crippen LogP contribution in [0.1, 0.15) is 17.0 Å². The highest BCUT2D eigenvalue weighted by atomic mass is 16.5. The predicted octanol–water partition coefficient (Wildman–Crippen LogP) is 3.48. The Bertz CT molecular complexity index is 852. The van der Waals surface area contributed by atoms with Gasteiger partial charge in [0, 0.05) is 38.6 Å². The van der Waals surface area contributed by atoms with Crippen molar-refractivity contribution in [3.8, 4) is 5.75 Å². The first kappa shape index (κ1) is 18.6. The van der Waals surface area contributed by atoms with E-state index in [-0.39, 0.29) is 0 Å². The number of pyridine rings is 1. The first-order chi connectivity index (χ1) is 13.1. The number of likely N-dealkylation sites (N-methyl/N-ethyl adjacent to an activating group) is 1. The summed E-state index contributed by atoms with van der Waals surface area (Å²) in [6.07, 6.45) is 4.59. The van der Waals surface area contributed by atoms with Gasteiger partial charge in [0.25, 0.3) is 0 Å². The molecule has 0 aliphatic rings. The first-order valence-electron chi connectivity index (χ1n) is 8.96. The van der Waals surface area contributed by atoms with E-state index in [0.717, 1.165) is 36.2 Å². The fourth-order valence-corrected chi connectivity index (χ4v) is 2.73. The van der Waals surface area contributed by atoms with Gasteiger partial charge in [-0.15, -0.1) is 0 Å². The van der Waals surface area contributed by atoms with Crippen molar-refractivity contribution in [2.75, 3.05) is 30.9 Å². The van der Waals surface area contributed by atoms with E-state index in [4.69, 9.17) is 4.74 Å². The number of aromatic nitrogens is 3. The molecule has 0 atom stereocenters. The van der Waals surface area contributed by atoms with Crippen LogP contribution in [0.25, 0.3) is 0 Å². The molecule has 27 heavy (non-hydrogen) atoms. The Kier molecular flexibility index (Phi) is 6.20.